The van der Waals surface area contributed by atoms with E-state index in [1.54, 1.807) is 12.4 Å². The van der Waals surface area contributed by atoms with Gasteiger partial charge in [-0.2, -0.15) is 0 Å². The minimum Gasteiger partial charge on any atom is -0.391 e. The van der Waals surface area contributed by atoms with Gasteiger partial charge in [-0.05, 0) is 54.5 Å². The molecule has 2 aliphatic rings. The highest BCUT2D eigenvalue weighted by atomic mass is 32.1. The number of aliphatic hydroxyl groups is 1. The number of pyridine rings is 1. The van der Waals surface area contributed by atoms with Crippen LogP contribution in [0.25, 0.3) is 10.4 Å². The second-order valence-corrected chi connectivity index (χ2v) is 7.23. The highest BCUT2D eigenvalue weighted by molar-refractivity contribution is 7.17. The lowest BCUT2D eigenvalue weighted by molar-refractivity contribution is -0.0521. The fourth-order valence-electron chi connectivity index (χ4n) is 3.81. The van der Waals surface area contributed by atoms with E-state index >= 15 is 0 Å². The Bertz CT molecular complexity index is 685. The normalized spacial score (nSPS) is 29.7. The summed E-state index contributed by atoms with van der Waals surface area (Å²) in [5.74, 6) is 0.805. The van der Waals surface area contributed by atoms with Crippen molar-refractivity contribution >= 4 is 17.2 Å². The number of aromatic nitrogens is 1. The van der Waals surface area contributed by atoms with Crippen molar-refractivity contribution in [2.24, 2.45) is 11.8 Å². The predicted octanol–water partition coefficient (Wildman–Crippen LogP) is 2.70. The van der Waals surface area contributed by atoms with Gasteiger partial charge in [0.25, 0.3) is 5.91 Å². The molecule has 4 atom stereocenters. The Morgan fingerprint density at radius 3 is 2.77 bits per heavy atom. The van der Waals surface area contributed by atoms with Crippen molar-refractivity contribution in [1.82, 2.24) is 10.3 Å². The molecule has 0 aromatic carbocycles. The number of thiophene rings is 1. The van der Waals surface area contributed by atoms with Crippen LogP contribution in [0.3, 0.4) is 0 Å². The van der Waals surface area contributed by atoms with Gasteiger partial charge in [-0.3, -0.25) is 9.78 Å². The molecular formula is C17H18N2O2S. The van der Waals surface area contributed by atoms with Gasteiger partial charge in [-0.1, -0.05) is 6.42 Å². The van der Waals surface area contributed by atoms with Crippen molar-refractivity contribution in [3.63, 3.8) is 0 Å². The standard InChI is InChI=1S/C17H18N2O2S/c20-16-12-3-1-2-11(12)15(16)19-17(21)14-5-4-13(22-14)10-6-8-18-9-7-10/h4-9,11-12,15-16,20H,1-3H2,(H,19,21)/t11-,12+,15-,16+/m1/s1. The highest BCUT2D eigenvalue weighted by Crippen LogP contribution is 2.47. The quantitative estimate of drug-likeness (QED) is 0.915. The third-order valence-corrected chi connectivity index (χ3v) is 6.12. The van der Waals surface area contributed by atoms with Crippen molar-refractivity contribution in [3.8, 4) is 10.4 Å². The first kappa shape index (κ1) is 13.9. The van der Waals surface area contributed by atoms with Crippen molar-refractivity contribution < 1.29 is 9.90 Å². The van der Waals surface area contributed by atoms with Gasteiger partial charge >= 0.3 is 0 Å². The maximum atomic E-state index is 12.4. The first-order valence-corrected chi connectivity index (χ1v) is 8.55. The maximum absolute atomic E-state index is 12.4. The van der Waals surface area contributed by atoms with Crippen LogP contribution in [0, 0.1) is 11.8 Å². The monoisotopic (exact) mass is 314 g/mol. The molecule has 0 spiro atoms. The second kappa shape index (κ2) is 5.48. The van der Waals surface area contributed by atoms with Crippen LogP contribution in [0.2, 0.25) is 0 Å². The molecule has 2 aromatic heterocycles. The van der Waals surface area contributed by atoms with E-state index < -0.39 is 0 Å². The lowest BCUT2D eigenvalue weighted by Crippen LogP contribution is -2.61. The Balaban J connectivity index is 1.46. The van der Waals surface area contributed by atoms with E-state index in [-0.39, 0.29) is 18.1 Å². The SMILES string of the molecule is O=C(N[C@H]1[C@@H](O)[C@H]2CCC[C@H]21)c1ccc(-c2ccncc2)s1. The Kier molecular flexibility index (Phi) is 3.47. The summed E-state index contributed by atoms with van der Waals surface area (Å²) in [6, 6.07) is 7.63. The largest absolute Gasteiger partial charge is 0.391 e. The Labute approximate surface area is 133 Å². The van der Waals surface area contributed by atoms with Gasteiger partial charge < -0.3 is 10.4 Å². The molecule has 0 unspecified atom stereocenters. The van der Waals surface area contributed by atoms with Gasteiger partial charge in [0.1, 0.15) is 0 Å². The third kappa shape index (κ3) is 2.25. The van der Waals surface area contributed by atoms with E-state index in [0.29, 0.717) is 16.7 Å². The average molecular weight is 314 g/mol. The van der Waals surface area contributed by atoms with Crippen LogP contribution in [0.5, 0.6) is 0 Å². The molecule has 2 aliphatic carbocycles. The van der Waals surface area contributed by atoms with Crippen LogP contribution in [0.1, 0.15) is 28.9 Å². The van der Waals surface area contributed by atoms with Crippen molar-refractivity contribution in [3.05, 3.63) is 41.5 Å². The molecule has 0 saturated heterocycles. The molecule has 2 aromatic rings. The zero-order chi connectivity index (χ0) is 15.1. The number of aliphatic hydroxyl groups excluding tert-OH is 1. The number of hydrogen-bond acceptors (Lipinski definition) is 4. The fraction of sp³-hybridized carbons (Fsp3) is 0.412. The average Bonchev–Trinajstić information content (AvgIpc) is 3.20. The van der Waals surface area contributed by atoms with Gasteiger partial charge in [-0.15, -0.1) is 11.3 Å². The summed E-state index contributed by atoms with van der Waals surface area (Å²) in [5, 5.41) is 13.2. The number of nitrogens with zero attached hydrogens (tertiary/aromatic N) is 1. The van der Waals surface area contributed by atoms with Crippen LogP contribution in [-0.4, -0.2) is 28.1 Å². The van der Waals surface area contributed by atoms with Crippen molar-refractivity contribution in [1.29, 1.82) is 0 Å². The van der Waals surface area contributed by atoms with E-state index in [9.17, 15) is 9.90 Å². The summed E-state index contributed by atoms with van der Waals surface area (Å²) in [7, 11) is 0. The van der Waals surface area contributed by atoms with Gasteiger partial charge in [0.15, 0.2) is 0 Å². The Hall–Kier alpha value is -1.72. The number of fused-ring (bicyclic) bond motifs is 1. The lowest BCUT2D eigenvalue weighted by Gasteiger charge is -2.46. The molecule has 4 rings (SSSR count). The molecule has 4 nitrogen and oxygen atoms in total. The molecule has 0 aliphatic heterocycles. The lowest BCUT2D eigenvalue weighted by atomic mass is 9.68. The summed E-state index contributed by atoms with van der Waals surface area (Å²) < 4.78 is 0. The summed E-state index contributed by atoms with van der Waals surface area (Å²) in [4.78, 5) is 18.2. The molecular weight excluding hydrogens is 296 g/mol. The minimum atomic E-state index is -0.365. The van der Waals surface area contributed by atoms with Gasteiger partial charge in [0.2, 0.25) is 0 Å². The summed E-state index contributed by atoms with van der Waals surface area (Å²) in [6.45, 7) is 0. The second-order valence-electron chi connectivity index (χ2n) is 6.15. The summed E-state index contributed by atoms with van der Waals surface area (Å²) in [5.41, 5.74) is 1.07. The van der Waals surface area contributed by atoms with Gasteiger partial charge in [0.05, 0.1) is 17.0 Å². The van der Waals surface area contributed by atoms with E-state index in [1.807, 2.05) is 24.3 Å². The molecule has 114 valence electrons. The van der Waals surface area contributed by atoms with Crippen LogP contribution in [0.4, 0.5) is 0 Å². The fourth-order valence-corrected chi connectivity index (χ4v) is 4.72. The number of amides is 1. The number of carbonyl (C=O) groups is 1. The number of rotatable bonds is 3. The molecule has 1 amide bonds. The molecule has 2 heterocycles. The topological polar surface area (TPSA) is 62.2 Å². The predicted molar refractivity (Wildman–Crippen MR) is 85.6 cm³/mol. The first-order chi connectivity index (χ1) is 10.7. The summed E-state index contributed by atoms with van der Waals surface area (Å²) in [6.07, 6.45) is 6.53. The number of nitrogens with one attached hydrogen (secondary N) is 1. The smallest absolute Gasteiger partial charge is 0.261 e. The van der Waals surface area contributed by atoms with Crippen LogP contribution in [0.15, 0.2) is 36.7 Å². The van der Waals surface area contributed by atoms with Crippen LogP contribution in [-0.2, 0) is 0 Å². The van der Waals surface area contributed by atoms with Gasteiger partial charge in [0, 0.05) is 17.3 Å². The number of carbonyl (C=O) groups excluding carboxylic acids is 1. The zero-order valence-electron chi connectivity index (χ0n) is 12.1. The van der Waals surface area contributed by atoms with Crippen LogP contribution < -0.4 is 5.32 Å². The third-order valence-electron chi connectivity index (χ3n) is 4.99. The van der Waals surface area contributed by atoms with E-state index in [0.717, 1.165) is 23.3 Å². The van der Waals surface area contributed by atoms with Gasteiger partial charge in [-0.25, -0.2) is 0 Å². The van der Waals surface area contributed by atoms with E-state index in [1.165, 1.54) is 17.8 Å². The number of hydrogen-bond donors (Lipinski definition) is 2. The van der Waals surface area contributed by atoms with Crippen molar-refractivity contribution in [2.75, 3.05) is 0 Å². The molecule has 2 saturated carbocycles. The van der Waals surface area contributed by atoms with Crippen molar-refractivity contribution in [2.45, 2.75) is 31.4 Å². The Morgan fingerprint density at radius 1 is 1.18 bits per heavy atom. The molecule has 5 heteroatoms. The zero-order valence-corrected chi connectivity index (χ0v) is 12.9. The minimum absolute atomic E-state index is 0.0634. The van der Waals surface area contributed by atoms with Crippen LogP contribution >= 0.6 is 11.3 Å². The van der Waals surface area contributed by atoms with E-state index in [2.05, 4.69) is 10.3 Å². The first-order valence-electron chi connectivity index (χ1n) is 7.73. The highest BCUT2D eigenvalue weighted by Gasteiger charge is 2.52. The summed E-state index contributed by atoms with van der Waals surface area (Å²) >= 11 is 1.48. The molecule has 0 bridgehead atoms. The van der Waals surface area contributed by atoms with E-state index in [4.69, 9.17) is 0 Å². The molecule has 22 heavy (non-hydrogen) atoms. The molecule has 2 fully saturated rings. The Morgan fingerprint density at radius 2 is 1.95 bits per heavy atom. The maximum Gasteiger partial charge on any atom is 0.261 e. The molecule has 0 radical (unpaired) electrons. The molecule has 2 N–H and O–H groups in total.